The van der Waals surface area contributed by atoms with Crippen LogP contribution in [0.25, 0.3) is 6.08 Å². The second-order valence-electron chi connectivity index (χ2n) is 3.38. The highest BCUT2D eigenvalue weighted by atomic mass is 35.5. The van der Waals surface area contributed by atoms with Crippen molar-refractivity contribution in [1.29, 1.82) is 5.26 Å². The van der Waals surface area contributed by atoms with Crippen LogP contribution in [-0.4, -0.2) is 19.1 Å². The monoisotopic (exact) mass is 266 g/mol. The van der Waals surface area contributed by atoms with E-state index in [9.17, 15) is 4.79 Å². The summed E-state index contributed by atoms with van der Waals surface area (Å²) in [5, 5.41) is 8.61. The smallest absolute Gasteiger partial charge is 0.330 e. The number of esters is 1. The maximum absolute atomic E-state index is 11.2. The van der Waals surface area contributed by atoms with Crippen molar-refractivity contribution >= 4 is 24.5 Å². The summed E-state index contributed by atoms with van der Waals surface area (Å²) in [5.41, 5.74) is 6.71. The zero-order valence-electron chi connectivity index (χ0n) is 9.83. The molecule has 0 aliphatic heterocycles. The fraction of sp³-hybridized carbons (Fsp3) is 0.231. The van der Waals surface area contributed by atoms with Gasteiger partial charge in [-0.25, -0.2) is 4.79 Å². The molecule has 0 spiro atoms. The Bertz CT molecular complexity index is 435. The highest BCUT2D eigenvalue weighted by Crippen LogP contribution is 2.05. The molecule has 0 saturated carbocycles. The predicted octanol–water partition coefficient (Wildman–Crippen LogP) is 1.89. The average Bonchev–Trinajstić information content (AvgIpc) is 2.37. The molecule has 1 rings (SSSR count). The Morgan fingerprint density at radius 1 is 1.39 bits per heavy atom. The maximum atomic E-state index is 11.2. The molecule has 18 heavy (non-hydrogen) atoms. The molecular weight excluding hydrogens is 252 g/mol. The van der Waals surface area contributed by atoms with Crippen LogP contribution in [0.5, 0.6) is 0 Å². The first kappa shape index (κ1) is 16.2. The van der Waals surface area contributed by atoms with Crippen molar-refractivity contribution in [3.63, 3.8) is 0 Å². The first-order valence-electron chi connectivity index (χ1n) is 5.31. The lowest BCUT2D eigenvalue weighted by Crippen LogP contribution is -2.07. The SMILES string of the molecule is Cl.N#Cc1ccc(/C=C/C(=O)OCCCN)cc1. The van der Waals surface area contributed by atoms with Gasteiger partial charge >= 0.3 is 5.97 Å². The first-order valence-corrected chi connectivity index (χ1v) is 5.31. The molecule has 0 bridgehead atoms. The van der Waals surface area contributed by atoms with E-state index >= 15 is 0 Å². The van der Waals surface area contributed by atoms with Gasteiger partial charge in [0.1, 0.15) is 0 Å². The third kappa shape index (κ3) is 6.04. The minimum Gasteiger partial charge on any atom is -0.462 e. The van der Waals surface area contributed by atoms with Gasteiger partial charge in [-0.3, -0.25) is 0 Å². The quantitative estimate of drug-likeness (QED) is 0.502. The van der Waals surface area contributed by atoms with Crippen LogP contribution in [0.2, 0.25) is 0 Å². The van der Waals surface area contributed by atoms with Crippen molar-refractivity contribution in [2.45, 2.75) is 6.42 Å². The Balaban J connectivity index is 0.00000289. The Hall–Kier alpha value is -1.83. The number of hydrogen-bond donors (Lipinski definition) is 1. The van der Waals surface area contributed by atoms with Crippen molar-refractivity contribution < 1.29 is 9.53 Å². The number of nitriles is 1. The molecule has 5 heteroatoms. The molecule has 0 saturated heterocycles. The van der Waals surface area contributed by atoms with Crippen molar-refractivity contribution in [2.24, 2.45) is 5.73 Å². The molecule has 0 fully saturated rings. The summed E-state index contributed by atoms with van der Waals surface area (Å²) in [6.07, 6.45) is 3.67. The maximum Gasteiger partial charge on any atom is 0.330 e. The summed E-state index contributed by atoms with van der Waals surface area (Å²) < 4.78 is 4.89. The van der Waals surface area contributed by atoms with E-state index in [1.54, 1.807) is 30.3 Å². The minimum absolute atomic E-state index is 0. The fourth-order valence-electron chi connectivity index (χ4n) is 1.14. The average molecular weight is 267 g/mol. The number of nitrogens with two attached hydrogens (primary N) is 1. The predicted molar refractivity (Wildman–Crippen MR) is 72.1 cm³/mol. The van der Waals surface area contributed by atoms with Crippen LogP contribution in [-0.2, 0) is 9.53 Å². The lowest BCUT2D eigenvalue weighted by molar-refractivity contribution is -0.137. The lowest BCUT2D eigenvalue weighted by Gasteiger charge is -1.99. The molecule has 4 nitrogen and oxygen atoms in total. The van der Waals surface area contributed by atoms with E-state index in [2.05, 4.69) is 0 Å². The van der Waals surface area contributed by atoms with E-state index in [1.807, 2.05) is 6.07 Å². The summed E-state index contributed by atoms with van der Waals surface area (Å²) in [6, 6.07) is 8.95. The van der Waals surface area contributed by atoms with Gasteiger partial charge in [-0.1, -0.05) is 12.1 Å². The summed E-state index contributed by atoms with van der Waals surface area (Å²) in [7, 11) is 0. The highest BCUT2D eigenvalue weighted by molar-refractivity contribution is 5.87. The van der Waals surface area contributed by atoms with E-state index in [-0.39, 0.29) is 18.4 Å². The normalized spacial score (nSPS) is 9.56. The van der Waals surface area contributed by atoms with E-state index in [4.69, 9.17) is 15.7 Å². The van der Waals surface area contributed by atoms with Crippen LogP contribution in [0.3, 0.4) is 0 Å². The third-order valence-electron chi connectivity index (χ3n) is 2.04. The number of nitrogens with zero attached hydrogens (tertiary/aromatic N) is 1. The Labute approximate surface area is 112 Å². The zero-order chi connectivity index (χ0) is 12.5. The Kier molecular flexibility index (Phi) is 8.29. The fourth-order valence-corrected chi connectivity index (χ4v) is 1.14. The van der Waals surface area contributed by atoms with Crippen molar-refractivity contribution in [3.8, 4) is 6.07 Å². The van der Waals surface area contributed by atoms with E-state index in [1.165, 1.54) is 6.08 Å². The van der Waals surface area contributed by atoms with Gasteiger partial charge in [0.15, 0.2) is 0 Å². The molecule has 1 aromatic carbocycles. The molecular formula is C13H15ClN2O2. The number of hydrogen-bond acceptors (Lipinski definition) is 4. The van der Waals surface area contributed by atoms with Gasteiger partial charge < -0.3 is 10.5 Å². The molecule has 0 aromatic heterocycles. The van der Waals surface area contributed by atoms with E-state index in [0.717, 1.165) is 5.56 Å². The molecule has 1 aromatic rings. The van der Waals surface area contributed by atoms with E-state index < -0.39 is 0 Å². The molecule has 0 aliphatic rings. The Morgan fingerprint density at radius 3 is 2.61 bits per heavy atom. The van der Waals surface area contributed by atoms with Gasteiger partial charge in [0.25, 0.3) is 0 Å². The largest absolute Gasteiger partial charge is 0.462 e. The van der Waals surface area contributed by atoms with Gasteiger partial charge in [0.2, 0.25) is 0 Å². The lowest BCUT2D eigenvalue weighted by atomic mass is 10.1. The van der Waals surface area contributed by atoms with Crippen molar-refractivity contribution in [3.05, 3.63) is 41.5 Å². The molecule has 0 aliphatic carbocycles. The standard InChI is InChI=1S/C13H14N2O2.ClH/c14-8-1-9-17-13(16)7-6-11-2-4-12(10-15)5-3-11;/h2-7H,1,8-9,14H2;1H/b7-6+;. The molecule has 0 amide bonds. The van der Waals surface area contributed by atoms with Crippen LogP contribution in [0.1, 0.15) is 17.5 Å². The molecule has 2 N–H and O–H groups in total. The number of halogens is 1. The molecule has 0 radical (unpaired) electrons. The van der Waals surface area contributed by atoms with Gasteiger partial charge in [-0.05, 0) is 36.7 Å². The van der Waals surface area contributed by atoms with Gasteiger partial charge in [0.05, 0.1) is 18.2 Å². The number of carbonyl (C=O) groups excluding carboxylic acids is 1. The second-order valence-corrected chi connectivity index (χ2v) is 3.38. The number of carbonyl (C=O) groups is 1. The van der Waals surface area contributed by atoms with E-state index in [0.29, 0.717) is 25.1 Å². The summed E-state index contributed by atoms with van der Waals surface area (Å²) in [5.74, 6) is -0.386. The zero-order valence-corrected chi connectivity index (χ0v) is 10.7. The number of rotatable bonds is 5. The van der Waals surface area contributed by atoms with Crippen LogP contribution in [0, 0.1) is 11.3 Å². The van der Waals surface area contributed by atoms with Crippen molar-refractivity contribution in [1.82, 2.24) is 0 Å². The minimum atomic E-state index is -0.386. The summed E-state index contributed by atoms with van der Waals surface area (Å²) >= 11 is 0. The summed E-state index contributed by atoms with van der Waals surface area (Å²) in [6.45, 7) is 0.847. The number of benzene rings is 1. The molecule has 0 heterocycles. The summed E-state index contributed by atoms with van der Waals surface area (Å²) in [4.78, 5) is 11.2. The van der Waals surface area contributed by atoms with Gasteiger partial charge in [0, 0.05) is 6.08 Å². The highest BCUT2D eigenvalue weighted by Gasteiger charge is 1.96. The molecule has 0 unspecified atom stereocenters. The molecule has 0 atom stereocenters. The van der Waals surface area contributed by atoms with Crippen LogP contribution in [0.15, 0.2) is 30.3 Å². The Morgan fingerprint density at radius 2 is 2.06 bits per heavy atom. The third-order valence-corrected chi connectivity index (χ3v) is 2.04. The second kappa shape index (κ2) is 9.23. The van der Waals surface area contributed by atoms with Gasteiger partial charge in [-0.15, -0.1) is 12.4 Å². The topological polar surface area (TPSA) is 76.1 Å². The van der Waals surface area contributed by atoms with Crippen molar-refractivity contribution in [2.75, 3.05) is 13.2 Å². The first-order chi connectivity index (χ1) is 8.26. The number of ether oxygens (including phenoxy) is 1. The van der Waals surface area contributed by atoms with Crippen LogP contribution < -0.4 is 5.73 Å². The van der Waals surface area contributed by atoms with Crippen LogP contribution in [0.4, 0.5) is 0 Å². The van der Waals surface area contributed by atoms with Crippen LogP contribution >= 0.6 is 12.4 Å². The molecule has 96 valence electrons. The van der Waals surface area contributed by atoms with Gasteiger partial charge in [-0.2, -0.15) is 5.26 Å².